The molecule has 0 bridgehead atoms. The summed E-state index contributed by atoms with van der Waals surface area (Å²) < 4.78 is 5.13. The zero-order chi connectivity index (χ0) is 16.3. The van der Waals surface area contributed by atoms with Gasteiger partial charge >= 0.3 is 0 Å². The smallest absolute Gasteiger partial charge is 0.119 e. The van der Waals surface area contributed by atoms with Gasteiger partial charge in [0.2, 0.25) is 0 Å². The van der Waals surface area contributed by atoms with Gasteiger partial charge in [-0.1, -0.05) is 38.1 Å². The van der Waals surface area contributed by atoms with Crippen molar-refractivity contribution in [1.29, 1.82) is 0 Å². The van der Waals surface area contributed by atoms with Gasteiger partial charge in [-0.05, 0) is 30.9 Å². The second-order valence-electron chi connectivity index (χ2n) is 4.18. The van der Waals surface area contributed by atoms with Crippen LogP contribution in [0, 0.1) is 0 Å². The molecule has 0 amide bonds. The second kappa shape index (κ2) is 18.6. The number of aliphatic hydroxyl groups is 2. The molecule has 0 atom stereocenters. The van der Waals surface area contributed by atoms with E-state index in [-0.39, 0.29) is 13.2 Å². The van der Waals surface area contributed by atoms with E-state index in [1.165, 1.54) is 0 Å². The largest absolute Gasteiger partial charge is 0.508 e. The molecule has 1 aromatic carbocycles. The standard InChI is InChI=1S/C9H10O.C6H14O.C2H6O2/c1-2-5-8-6-3-4-7-9(8)10;1-3-5-7-6-4-2;3-1-2-4/h2-4,6-7,10H,1,5H2;3-6H2,1-2H3;3-4H,1-2H2. The SMILES string of the molecule is C=CCc1ccccc1O.CCCOCCC.OCCO. The first-order valence-electron chi connectivity index (χ1n) is 7.35. The van der Waals surface area contributed by atoms with Crippen LogP contribution in [-0.2, 0) is 11.2 Å². The molecule has 0 saturated heterocycles. The highest BCUT2D eigenvalue weighted by Crippen LogP contribution is 2.15. The fourth-order valence-electron chi connectivity index (χ4n) is 1.23. The van der Waals surface area contributed by atoms with Crippen molar-refractivity contribution in [2.75, 3.05) is 26.4 Å². The van der Waals surface area contributed by atoms with Gasteiger partial charge in [-0.2, -0.15) is 0 Å². The fraction of sp³-hybridized carbons (Fsp3) is 0.529. The summed E-state index contributed by atoms with van der Waals surface area (Å²) in [6, 6.07) is 7.27. The van der Waals surface area contributed by atoms with Gasteiger partial charge in [0.1, 0.15) is 5.75 Å². The molecular weight excluding hydrogens is 268 g/mol. The minimum atomic E-state index is -0.125. The lowest BCUT2D eigenvalue weighted by Gasteiger charge is -1.97. The normalized spacial score (nSPS) is 8.95. The molecular formula is C17H30O4. The van der Waals surface area contributed by atoms with Crippen molar-refractivity contribution in [3.8, 4) is 5.75 Å². The predicted octanol–water partition coefficient (Wildman–Crippen LogP) is 2.91. The molecule has 3 N–H and O–H groups in total. The van der Waals surface area contributed by atoms with Crippen LogP contribution in [0.1, 0.15) is 32.3 Å². The number of ether oxygens (including phenoxy) is 1. The first-order chi connectivity index (χ1) is 10.2. The Balaban J connectivity index is 0. The Kier molecular flexibility index (Phi) is 19.5. The van der Waals surface area contributed by atoms with Crippen molar-refractivity contribution in [1.82, 2.24) is 0 Å². The van der Waals surface area contributed by atoms with Crippen LogP contribution in [0.4, 0.5) is 0 Å². The van der Waals surface area contributed by atoms with Crippen LogP contribution >= 0.6 is 0 Å². The van der Waals surface area contributed by atoms with Crippen LogP contribution in [0.5, 0.6) is 5.75 Å². The van der Waals surface area contributed by atoms with Crippen LogP contribution in [0.3, 0.4) is 0 Å². The number of aromatic hydroxyl groups is 1. The molecule has 1 aromatic rings. The highest BCUT2D eigenvalue weighted by molar-refractivity contribution is 5.32. The molecule has 0 heterocycles. The Labute approximate surface area is 128 Å². The first-order valence-corrected chi connectivity index (χ1v) is 7.35. The lowest BCUT2D eigenvalue weighted by molar-refractivity contribution is 0.135. The predicted molar refractivity (Wildman–Crippen MR) is 87.6 cm³/mol. The zero-order valence-electron chi connectivity index (χ0n) is 13.3. The molecule has 1 rings (SSSR count). The molecule has 0 unspecified atom stereocenters. The summed E-state index contributed by atoms with van der Waals surface area (Å²) in [5.74, 6) is 0.349. The maximum absolute atomic E-state index is 9.19. The molecule has 0 aliphatic carbocycles. The number of benzene rings is 1. The third-order valence-corrected chi connectivity index (χ3v) is 2.15. The molecule has 4 heteroatoms. The van der Waals surface area contributed by atoms with E-state index in [1.54, 1.807) is 12.1 Å². The molecule has 122 valence electrons. The summed E-state index contributed by atoms with van der Waals surface area (Å²) in [6.07, 6.45) is 4.78. The highest BCUT2D eigenvalue weighted by Gasteiger charge is 1.93. The van der Waals surface area contributed by atoms with Crippen molar-refractivity contribution in [3.63, 3.8) is 0 Å². The van der Waals surface area contributed by atoms with Gasteiger partial charge in [-0.25, -0.2) is 0 Å². The average molecular weight is 298 g/mol. The lowest BCUT2D eigenvalue weighted by Crippen LogP contribution is -1.92. The second-order valence-corrected chi connectivity index (χ2v) is 4.18. The van der Waals surface area contributed by atoms with Gasteiger partial charge in [0.05, 0.1) is 13.2 Å². The minimum absolute atomic E-state index is 0.125. The van der Waals surface area contributed by atoms with E-state index in [0.717, 1.165) is 38.0 Å². The Morgan fingerprint density at radius 2 is 1.57 bits per heavy atom. The van der Waals surface area contributed by atoms with E-state index in [0.29, 0.717) is 5.75 Å². The average Bonchev–Trinajstić information content (AvgIpc) is 2.51. The highest BCUT2D eigenvalue weighted by atomic mass is 16.5. The van der Waals surface area contributed by atoms with Crippen molar-refractivity contribution >= 4 is 0 Å². The van der Waals surface area contributed by atoms with Gasteiger partial charge in [0.25, 0.3) is 0 Å². The zero-order valence-corrected chi connectivity index (χ0v) is 13.3. The van der Waals surface area contributed by atoms with E-state index in [9.17, 15) is 5.11 Å². The van der Waals surface area contributed by atoms with Crippen LogP contribution in [0.2, 0.25) is 0 Å². The van der Waals surface area contributed by atoms with Crippen LogP contribution in [0.25, 0.3) is 0 Å². The maximum Gasteiger partial charge on any atom is 0.119 e. The Bertz CT molecular complexity index is 320. The first kappa shape index (κ1) is 21.9. The molecule has 0 spiro atoms. The van der Waals surface area contributed by atoms with E-state index < -0.39 is 0 Å². The number of hydrogen-bond donors (Lipinski definition) is 3. The number of phenols is 1. The number of hydrogen-bond acceptors (Lipinski definition) is 4. The molecule has 0 saturated carbocycles. The van der Waals surface area contributed by atoms with Crippen molar-refractivity contribution in [3.05, 3.63) is 42.5 Å². The van der Waals surface area contributed by atoms with E-state index in [1.807, 2.05) is 18.2 Å². The Hall–Kier alpha value is -1.36. The maximum atomic E-state index is 9.19. The number of phenolic OH excluding ortho intramolecular Hbond substituents is 1. The summed E-state index contributed by atoms with van der Waals surface area (Å²) in [6.45, 7) is 9.43. The van der Waals surface area contributed by atoms with Gasteiger partial charge in [0, 0.05) is 13.2 Å². The molecule has 0 aromatic heterocycles. The van der Waals surface area contributed by atoms with Crippen LogP contribution < -0.4 is 0 Å². The minimum Gasteiger partial charge on any atom is -0.508 e. The quantitative estimate of drug-likeness (QED) is 0.535. The van der Waals surface area contributed by atoms with Crippen LogP contribution in [0.15, 0.2) is 36.9 Å². The van der Waals surface area contributed by atoms with Crippen molar-refractivity contribution < 1.29 is 20.1 Å². The number of allylic oxidation sites excluding steroid dienone is 1. The van der Waals surface area contributed by atoms with Gasteiger partial charge in [-0.15, -0.1) is 6.58 Å². The summed E-state index contributed by atoms with van der Waals surface area (Å²) in [5.41, 5.74) is 0.928. The summed E-state index contributed by atoms with van der Waals surface area (Å²) in [4.78, 5) is 0. The molecule has 21 heavy (non-hydrogen) atoms. The van der Waals surface area contributed by atoms with Gasteiger partial charge in [0.15, 0.2) is 0 Å². The monoisotopic (exact) mass is 298 g/mol. The lowest BCUT2D eigenvalue weighted by atomic mass is 10.1. The Morgan fingerprint density at radius 3 is 1.95 bits per heavy atom. The van der Waals surface area contributed by atoms with E-state index in [2.05, 4.69) is 20.4 Å². The topological polar surface area (TPSA) is 69.9 Å². The third-order valence-electron chi connectivity index (χ3n) is 2.15. The molecule has 4 nitrogen and oxygen atoms in total. The van der Waals surface area contributed by atoms with E-state index >= 15 is 0 Å². The van der Waals surface area contributed by atoms with E-state index in [4.69, 9.17) is 14.9 Å². The van der Waals surface area contributed by atoms with Crippen molar-refractivity contribution in [2.24, 2.45) is 0 Å². The summed E-state index contributed by atoms with van der Waals surface area (Å²) in [7, 11) is 0. The molecule has 0 fully saturated rings. The van der Waals surface area contributed by atoms with Crippen molar-refractivity contribution in [2.45, 2.75) is 33.1 Å². The fourth-order valence-corrected chi connectivity index (χ4v) is 1.23. The number of rotatable bonds is 7. The summed E-state index contributed by atoms with van der Waals surface area (Å²) >= 11 is 0. The molecule has 0 aliphatic heterocycles. The van der Waals surface area contributed by atoms with Gasteiger partial charge < -0.3 is 20.1 Å². The third kappa shape index (κ3) is 16.6. The Morgan fingerprint density at radius 1 is 1.05 bits per heavy atom. The number of para-hydroxylation sites is 1. The molecule has 0 aliphatic rings. The summed E-state index contributed by atoms with van der Waals surface area (Å²) in [5, 5.41) is 24.4. The molecule has 0 radical (unpaired) electrons. The van der Waals surface area contributed by atoms with Gasteiger partial charge in [-0.3, -0.25) is 0 Å². The van der Waals surface area contributed by atoms with Crippen LogP contribution in [-0.4, -0.2) is 41.7 Å². The number of aliphatic hydroxyl groups excluding tert-OH is 2.